The van der Waals surface area contributed by atoms with E-state index in [0.29, 0.717) is 0 Å². The molecule has 2 atom stereocenters. The smallest absolute Gasteiger partial charge is 0.326 e. The molecular weight excluding hydrogens is 308 g/mol. The fourth-order valence-electron chi connectivity index (χ4n) is 1.62. The van der Waals surface area contributed by atoms with E-state index >= 15 is 0 Å². The monoisotopic (exact) mass is 332 g/mol. The van der Waals surface area contributed by atoms with Gasteiger partial charge in [-0.3, -0.25) is 4.79 Å². The zero-order valence-corrected chi connectivity index (χ0v) is 13.3. The molecule has 9 heteroatoms. The number of nitrogens with one attached hydrogen (secondary N) is 2. The number of carboxylic acid groups (broad SMARTS) is 2. The molecule has 9 nitrogen and oxygen atoms in total. The lowest BCUT2D eigenvalue weighted by atomic mass is 10.1. The second-order valence-corrected chi connectivity index (χ2v) is 4.92. The molecule has 0 spiro atoms. The third kappa shape index (κ3) is 9.33. The van der Waals surface area contributed by atoms with E-state index in [0.717, 1.165) is 12.8 Å². The van der Waals surface area contributed by atoms with Crippen LogP contribution in [0, 0.1) is 0 Å². The van der Waals surface area contributed by atoms with Gasteiger partial charge in [-0.15, -0.1) is 0 Å². The van der Waals surface area contributed by atoms with Gasteiger partial charge in [0.15, 0.2) is 0 Å². The summed E-state index contributed by atoms with van der Waals surface area (Å²) in [6.45, 7) is 3.79. The van der Waals surface area contributed by atoms with Crippen molar-refractivity contribution in [2.45, 2.75) is 58.0 Å². The van der Waals surface area contributed by atoms with Crippen molar-refractivity contribution in [2.75, 3.05) is 6.61 Å². The second-order valence-electron chi connectivity index (χ2n) is 4.92. The number of ether oxygens (including phenoxy) is 1. The van der Waals surface area contributed by atoms with Gasteiger partial charge in [-0.25, -0.2) is 14.4 Å². The summed E-state index contributed by atoms with van der Waals surface area (Å²) in [7, 11) is 0. The average molecular weight is 332 g/mol. The summed E-state index contributed by atoms with van der Waals surface area (Å²) in [5, 5.41) is 22.2. The van der Waals surface area contributed by atoms with E-state index in [2.05, 4.69) is 10.6 Å². The van der Waals surface area contributed by atoms with Gasteiger partial charge in [-0.1, -0.05) is 20.3 Å². The Kier molecular flexibility index (Phi) is 10.1. The average Bonchev–Trinajstić information content (AvgIpc) is 2.48. The normalized spacial score (nSPS) is 12.8. The molecule has 132 valence electrons. The third-order valence-corrected chi connectivity index (χ3v) is 3.01. The van der Waals surface area contributed by atoms with Gasteiger partial charge in [-0.2, -0.15) is 0 Å². The van der Waals surface area contributed by atoms with Crippen LogP contribution < -0.4 is 10.6 Å². The molecule has 0 aromatic carbocycles. The summed E-state index contributed by atoms with van der Waals surface area (Å²) in [6.07, 6.45) is 1.45. The van der Waals surface area contributed by atoms with Crippen LogP contribution in [0.15, 0.2) is 0 Å². The number of urea groups is 1. The molecule has 23 heavy (non-hydrogen) atoms. The molecule has 0 aliphatic carbocycles. The Morgan fingerprint density at radius 2 is 1.57 bits per heavy atom. The first-order valence-electron chi connectivity index (χ1n) is 7.50. The van der Waals surface area contributed by atoms with E-state index in [9.17, 15) is 19.2 Å². The number of rotatable bonds is 11. The van der Waals surface area contributed by atoms with Crippen molar-refractivity contribution in [1.29, 1.82) is 0 Å². The van der Waals surface area contributed by atoms with Crippen LogP contribution in [0.5, 0.6) is 0 Å². The Bertz CT molecular complexity index is 425. The Labute approximate surface area is 134 Å². The molecule has 0 aromatic rings. The summed E-state index contributed by atoms with van der Waals surface area (Å²) in [5.41, 5.74) is 0. The van der Waals surface area contributed by atoms with E-state index in [1.165, 1.54) is 0 Å². The number of carboxylic acids is 2. The van der Waals surface area contributed by atoms with Crippen LogP contribution in [0.3, 0.4) is 0 Å². The zero-order valence-electron chi connectivity index (χ0n) is 13.3. The lowest BCUT2D eigenvalue weighted by Gasteiger charge is -2.17. The van der Waals surface area contributed by atoms with Crippen LogP contribution in [0.4, 0.5) is 4.79 Å². The highest BCUT2D eigenvalue weighted by atomic mass is 16.5. The number of carbonyl (C=O) groups excluding carboxylic acids is 2. The maximum absolute atomic E-state index is 11.6. The first-order chi connectivity index (χ1) is 10.8. The molecule has 0 aliphatic heterocycles. The summed E-state index contributed by atoms with van der Waals surface area (Å²) < 4.78 is 4.89. The predicted octanol–water partition coefficient (Wildman–Crippen LogP) is 0.726. The summed E-state index contributed by atoms with van der Waals surface area (Å²) >= 11 is 0. The standard InChI is InChI=1S/C14H24N2O7/c1-3-5-8-23-11(17)7-6-10(13(20)21)16-14(22)15-9(4-2)12(18)19/h9-10H,3-8H2,1-2H3,(H,18,19)(H,20,21)(H2,15,16,22)/t9-,10-/m0/s1. The fraction of sp³-hybridized carbons (Fsp3) is 0.714. The Balaban J connectivity index is 4.35. The van der Waals surface area contributed by atoms with Gasteiger partial charge in [0, 0.05) is 6.42 Å². The molecule has 0 rings (SSSR count). The molecule has 4 N–H and O–H groups in total. The fourth-order valence-corrected chi connectivity index (χ4v) is 1.62. The zero-order chi connectivity index (χ0) is 17.8. The maximum atomic E-state index is 11.6. The summed E-state index contributed by atoms with van der Waals surface area (Å²) in [4.78, 5) is 44.9. The predicted molar refractivity (Wildman–Crippen MR) is 79.9 cm³/mol. The number of esters is 1. The van der Waals surface area contributed by atoms with Crippen molar-refractivity contribution in [1.82, 2.24) is 10.6 Å². The minimum Gasteiger partial charge on any atom is -0.480 e. The van der Waals surface area contributed by atoms with Gasteiger partial charge < -0.3 is 25.6 Å². The Hall–Kier alpha value is -2.32. The maximum Gasteiger partial charge on any atom is 0.326 e. The van der Waals surface area contributed by atoms with Gasteiger partial charge in [0.25, 0.3) is 0 Å². The summed E-state index contributed by atoms with van der Waals surface area (Å²) in [5.74, 6) is -3.07. The highest BCUT2D eigenvalue weighted by Crippen LogP contribution is 2.02. The minimum atomic E-state index is -1.31. The quantitative estimate of drug-likeness (QED) is 0.322. The molecule has 2 amide bonds. The second kappa shape index (κ2) is 11.3. The van der Waals surface area contributed by atoms with Crippen molar-refractivity contribution < 1.29 is 34.1 Å². The number of unbranched alkanes of at least 4 members (excludes halogenated alkanes) is 1. The topological polar surface area (TPSA) is 142 Å². The molecule has 0 saturated heterocycles. The SMILES string of the molecule is CCCCOC(=O)CC[C@H](NC(=O)N[C@@H](CC)C(=O)O)C(=O)O. The van der Waals surface area contributed by atoms with Gasteiger partial charge in [0.1, 0.15) is 12.1 Å². The van der Waals surface area contributed by atoms with Gasteiger partial charge in [0.2, 0.25) is 0 Å². The van der Waals surface area contributed by atoms with E-state index in [1.54, 1.807) is 6.92 Å². The van der Waals surface area contributed by atoms with Crippen LogP contribution in [0.25, 0.3) is 0 Å². The van der Waals surface area contributed by atoms with E-state index in [-0.39, 0.29) is 25.9 Å². The molecule has 0 bridgehead atoms. The van der Waals surface area contributed by atoms with E-state index in [1.807, 2.05) is 6.92 Å². The van der Waals surface area contributed by atoms with Crippen LogP contribution >= 0.6 is 0 Å². The van der Waals surface area contributed by atoms with Crippen molar-refractivity contribution in [3.8, 4) is 0 Å². The number of hydrogen-bond acceptors (Lipinski definition) is 5. The first-order valence-corrected chi connectivity index (χ1v) is 7.50. The van der Waals surface area contributed by atoms with Gasteiger partial charge in [-0.05, 0) is 19.3 Å². The molecule has 0 radical (unpaired) electrons. The Morgan fingerprint density at radius 1 is 1.00 bits per heavy atom. The third-order valence-electron chi connectivity index (χ3n) is 3.01. The van der Waals surface area contributed by atoms with Crippen LogP contribution in [-0.4, -0.2) is 52.8 Å². The minimum absolute atomic E-state index is 0.141. The van der Waals surface area contributed by atoms with E-state index < -0.39 is 36.0 Å². The molecule has 0 aliphatic rings. The first kappa shape index (κ1) is 20.7. The van der Waals surface area contributed by atoms with Gasteiger partial charge in [0.05, 0.1) is 6.61 Å². The highest BCUT2D eigenvalue weighted by molar-refractivity contribution is 5.86. The number of aliphatic carboxylic acids is 2. The van der Waals surface area contributed by atoms with Gasteiger partial charge >= 0.3 is 23.9 Å². The molecule has 0 unspecified atom stereocenters. The summed E-state index contributed by atoms with van der Waals surface area (Å²) in [6, 6.07) is -3.32. The largest absolute Gasteiger partial charge is 0.480 e. The molecular formula is C14H24N2O7. The van der Waals surface area contributed by atoms with E-state index in [4.69, 9.17) is 14.9 Å². The number of carbonyl (C=O) groups is 4. The molecule has 0 fully saturated rings. The molecule has 0 saturated carbocycles. The highest BCUT2D eigenvalue weighted by Gasteiger charge is 2.24. The van der Waals surface area contributed by atoms with Crippen molar-refractivity contribution in [3.63, 3.8) is 0 Å². The number of hydrogen-bond donors (Lipinski definition) is 4. The van der Waals surface area contributed by atoms with Crippen molar-refractivity contribution in [2.24, 2.45) is 0 Å². The number of amides is 2. The lowest BCUT2D eigenvalue weighted by Crippen LogP contribution is -2.51. The Morgan fingerprint density at radius 3 is 2.04 bits per heavy atom. The lowest BCUT2D eigenvalue weighted by molar-refractivity contribution is -0.144. The van der Waals surface area contributed by atoms with Crippen molar-refractivity contribution >= 4 is 23.9 Å². The van der Waals surface area contributed by atoms with Crippen molar-refractivity contribution in [3.05, 3.63) is 0 Å². The molecule has 0 aromatic heterocycles. The van der Waals surface area contributed by atoms with Crippen LogP contribution in [0.2, 0.25) is 0 Å². The van der Waals surface area contributed by atoms with Crippen LogP contribution in [0.1, 0.15) is 46.0 Å². The molecule has 0 heterocycles. The van der Waals surface area contributed by atoms with Crippen LogP contribution in [-0.2, 0) is 19.1 Å².